The number of nitrogens with one attached hydrogen (secondary N) is 1. The predicted octanol–water partition coefficient (Wildman–Crippen LogP) is 3.49. The molecule has 0 bridgehead atoms. The maximum Gasteiger partial charge on any atom is 0.433 e. The van der Waals surface area contributed by atoms with Crippen LogP contribution >= 0.6 is 0 Å². The standard InChI is InChI=1S/C20H23F3N2O4S/c1-2-30(26,27)25-18-9-10-28-12-16(18)13-29-17-6-3-14(4-7-17)15-5-8-19(24-11-15)20(21,22)23/h3-8,11,16,18,25H,2,9-10,12-13H2,1H3. The molecule has 1 saturated heterocycles. The predicted molar refractivity (Wildman–Crippen MR) is 105 cm³/mol. The van der Waals surface area contributed by atoms with E-state index in [4.69, 9.17) is 9.47 Å². The minimum Gasteiger partial charge on any atom is -0.493 e. The van der Waals surface area contributed by atoms with E-state index in [2.05, 4.69) is 9.71 Å². The van der Waals surface area contributed by atoms with Crippen LogP contribution in [0, 0.1) is 5.92 Å². The average molecular weight is 444 g/mol. The largest absolute Gasteiger partial charge is 0.493 e. The van der Waals surface area contributed by atoms with Gasteiger partial charge in [0.05, 0.1) is 19.0 Å². The van der Waals surface area contributed by atoms with Gasteiger partial charge < -0.3 is 9.47 Å². The van der Waals surface area contributed by atoms with Crippen LogP contribution in [0.15, 0.2) is 42.6 Å². The van der Waals surface area contributed by atoms with Crippen molar-refractivity contribution in [2.45, 2.75) is 25.6 Å². The maximum atomic E-state index is 12.6. The van der Waals surface area contributed by atoms with Crippen LogP contribution in [0.5, 0.6) is 5.75 Å². The molecule has 0 saturated carbocycles. The van der Waals surface area contributed by atoms with E-state index >= 15 is 0 Å². The van der Waals surface area contributed by atoms with Crippen molar-refractivity contribution >= 4 is 10.0 Å². The second kappa shape index (κ2) is 9.32. The molecule has 1 fully saturated rings. The Labute approximate surface area is 173 Å². The van der Waals surface area contributed by atoms with Gasteiger partial charge in [-0.2, -0.15) is 13.2 Å². The van der Waals surface area contributed by atoms with Gasteiger partial charge in [-0.05, 0) is 37.1 Å². The van der Waals surface area contributed by atoms with Gasteiger partial charge in [-0.25, -0.2) is 13.1 Å². The Morgan fingerprint density at radius 2 is 1.87 bits per heavy atom. The van der Waals surface area contributed by atoms with Gasteiger partial charge in [0.1, 0.15) is 11.4 Å². The molecule has 30 heavy (non-hydrogen) atoms. The van der Waals surface area contributed by atoms with Crippen LogP contribution in [0.3, 0.4) is 0 Å². The van der Waals surface area contributed by atoms with Crippen molar-refractivity contribution in [3.05, 3.63) is 48.3 Å². The molecule has 2 atom stereocenters. The molecule has 10 heteroatoms. The molecule has 2 heterocycles. The zero-order valence-electron chi connectivity index (χ0n) is 16.4. The molecule has 0 aliphatic carbocycles. The average Bonchev–Trinajstić information content (AvgIpc) is 2.73. The molecule has 2 unspecified atom stereocenters. The highest BCUT2D eigenvalue weighted by atomic mass is 32.2. The number of sulfonamides is 1. The Kier molecular flexibility index (Phi) is 6.99. The zero-order chi connectivity index (χ0) is 21.8. The van der Waals surface area contributed by atoms with Gasteiger partial charge in [0, 0.05) is 30.3 Å². The summed E-state index contributed by atoms with van der Waals surface area (Å²) in [5.41, 5.74) is 0.330. The lowest BCUT2D eigenvalue weighted by Crippen LogP contribution is -2.47. The summed E-state index contributed by atoms with van der Waals surface area (Å²) in [6.07, 6.45) is -2.71. The molecule has 1 N–H and O–H groups in total. The quantitative estimate of drug-likeness (QED) is 0.708. The second-order valence-corrected chi connectivity index (χ2v) is 9.06. The normalized spacial score (nSPS) is 20.1. The number of rotatable bonds is 7. The lowest BCUT2D eigenvalue weighted by atomic mass is 9.98. The zero-order valence-corrected chi connectivity index (χ0v) is 17.2. The molecule has 0 spiro atoms. The van der Waals surface area contributed by atoms with E-state index in [0.717, 1.165) is 6.07 Å². The first-order chi connectivity index (χ1) is 14.2. The van der Waals surface area contributed by atoms with E-state index in [0.29, 0.717) is 36.5 Å². The lowest BCUT2D eigenvalue weighted by Gasteiger charge is -2.31. The van der Waals surface area contributed by atoms with Crippen LogP contribution < -0.4 is 9.46 Å². The molecule has 164 valence electrons. The molecule has 6 nitrogen and oxygen atoms in total. The van der Waals surface area contributed by atoms with E-state index in [1.165, 1.54) is 12.3 Å². The third-order valence-electron chi connectivity index (χ3n) is 4.89. The molecule has 1 aromatic heterocycles. The Balaban J connectivity index is 1.61. The van der Waals surface area contributed by atoms with E-state index in [9.17, 15) is 21.6 Å². The van der Waals surface area contributed by atoms with Gasteiger partial charge in [0.2, 0.25) is 10.0 Å². The molecular formula is C20H23F3N2O4S. The fourth-order valence-electron chi connectivity index (χ4n) is 3.11. The monoisotopic (exact) mass is 444 g/mol. The number of pyridine rings is 1. The summed E-state index contributed by atoms with van der Waals surface area (Å²) >= 11 is 0. The van der Waals surface area contributed by atoms with Crippen molar-refractivity contribution in [1.82, 2.24) is 9.71 Å². The highest BCUT2D eigenvalue weighted by Crippen LogP contribution is 2.29. The van der Waals surface area contributed by atoms with Crippen LogP contribution in [-0.2, 0) is 20.9 Å². The van der Waals surface area contributed by atoms with Crippen LogP contribution in [0.4, 0.5) is 13.2 Å². The topological polar surface area (TPSA) is 77.5 Å². The van der Waals surface area contributed by atoms with Gasteiger partial charge in [-0.3, -0.25) is 4.98 Å². The third-order valence-corrected chi connectivity index (χ3v) is 6.31. The highest BCUT2D eigenvalue weighted by molar-refractivity contribution is 7.89. The number of alkyl halides is 3. The first-order valence-corrected chi connectivity index (χ1v) is 11.2. The molecular weight excluding hydrogens is 421 g/mol. The number of benzene rings is 1. The number of hydrogen-bond acceptors (Lipinski definition) is 5. The van der Waals surface area contributed by atoms with Gasteiger partial charge in [0.15, 0.2) is 0 Å². The summed E-state index contributed by atoms with van der Waals surface area (Å²) in [5.74, 6) is 0.457. The molecule has 3 rings (SSSR count). The van der Waals surface area contributed by atoms with Crippen molar-refractivity contribution in [2.75, 3.05) is 25.6 Å². The number of ether oxygens (including phenoxy) is 2. The summed E-state index contributed by atoms with van der Waals surface area (Å²) in [5, 5.41) is 0. The summed E-state index contributed by atoms with van der Waals surface area (Å²) in [6, 6.07) is 8.95. The molecule has 0 radical (unpaired) electrons. The van der Waals surface area contributed by atoms with Crippen LogP contribution in [0.25, 0.3) is 11.1 Å². The summed E-state index contributed by atoms with van der Waals surface area (Å²) in [4.78, 5) is 3.46. The number of halogens is 3. The Morgan fingerprint density at radius 3 is 2.47 bits per heavy atom. The Morgan fingerprint density at radius 1 is 1.17 bits per heavy atom. The smallest absolute Gasteiger partial charge is 0.433 e. The molecule has 0 amide bonds. The van der Waals surface area contributed by atoms with Gasteiger partial charge in [-0.15, -0.1) is 0 Å². The van der Waals surface area contributed by atoms with Crippen molar-refractivity contribution in [3.63, 3.8) is 0 Å². The third kappa shape index (κ3) is 5.93. The lowest BCUT2D eigenvalue weighted by molar-refractivity contribution is -0.141. The van der Waals surface area contributed by atoms with Crippen LogP contribution in [0.2, 0.25) is 0 Å². The minimum absolute atomic E-state index is 0.0121. The van der Waals surface area contributed by atoms with E-state index in [1.807, 2.05) is 0 Å². The number of nitrogens with zero attached hydrogens (tertiary/aromatic N) is 1. The van der Waals surface area contributed by atoms with Crippen LogP contribution in [-0.4, -0.2) is 45.0 Å². The minimum atomic E-state index is -4.47. The molecule has 1 aliphatic rings. The van der Waals surface area contributed by atoms with Gasteiger partial charge in [-0.1, -0.05) is 18.2 Å². The Bertz CT molecular complexity index is 932. The SMILES string of the molecule is CCS(=O)(=O)NC1CCOCC1COc1ccc(-c2ccc(C(F)(F)F)nc2)cc1. The van der Waals surface area contributed by atoms with Crippen molar-refractivity contribution in [3.8, 4) is 16.9 Å². The second-order valence-electron chi connectivity index (χ2n) is 7.02. The van der Waals surface area contributed by atoms with E-state index in [1.54, 1.807) is 31.2 Å². The van der Waals surface area contributed by atoms with Crippen molar-refractivity contribution in [1.29, 1.82) is 0 Å². The molecule has 1 aliphatic heterocycles. The fourth-order valence-corrected chi connectivity index (χ4v) is 4.05. The number of hydrogen-bond donors (Lipinski definition) is 1. The van der Waals surface area contributed by atoms with Gasteiger partial charge in [0.25, 0.3) is 0 Å². The number of aromatic nitrogens is 1. The summed E-state index contributed by atoms with van der Waals surface area (Å²) < 4.78 is 75.6. The first-order valence-electron chi connectivity index (χ1n) is 9.52. The summed E-state index contributed by atoms with van der Waals surface area (Å²) in [7, 11) is -3.32. The van der Waals surface area contributed by atoms with E-state index < -0.39 is 21.9 Å². The molecule has 1 aromatic carbocycles. The first kappa shape index (κ1) is 22.5. The van der Waals surface area contributed by atoms with E-state index in [-0.39, 0.29) is 24.3 Å². The summed E-state index contributed by atoms with van der Waals surface area (Å²) in [6.45, 7) is 2.74. The molecule has 2 aromatic rings. The Hall–Kier alpha value is -2.17. The van der Waals surface area contributed by atoms with Crippen molar-refractivity contribution < 1.29 is 31.1 Å². The van der Waals surface area contributed by atoms with Crippen molar-refractivity contribution in [2.24, 2.45) is 5.92 Å². The maximum absolute atomic E-state index is 12.6. The highest BCUT2D eigenvalue weighted by Gasteiger charge is 2.32. The van der Waals surface area contributed by atoms with Crippen LogP contribution in [0.1, 0.15) is 19.0 Å². The fraction of sp³-hybridized carbons (Fsp3) is 0.450. The van der Waals surface area contributed by atoms with Gasteiger partial charge >= 0.3 is 6.18 Å².